The summed E-state index contributed by atoms with van der Waals surface area (Å²) in [6.45, 7) is 2.07. The number of hydrogen-bond donors (Lipinski definition) is 3. The quantitative estimate of drug-likeness (QED) is 0.476. The monoisotopic (exact) mass is 167 g/mol. The topological polar surface area (TPSA) is 98.2 Å². The molecule has 10 heavy (non-hydrogen) atoms. The van der Waals surface area contributed by atoms with Crippen molar-refractivity contribution in [2.24, 2.45) is 10.9 Å². The van der Waals surface area contributed by atoms with Crippen LogP contribution in [-0.4, -0.2) is 21.0 Å². The van der Waals surface area contributed by atoms with E-state index in [-0.39, 0.29) is 12.6 Å². The van der Waals surface area contributed by atoms with E-state index in [1.807, 2.05) is 6.92 Å². The lowest BCUT2D eigenvalue weighted by Gasteiger charge is -2.07. The van der Waals surface area contributed by atoms with Gasteiger partial charge in [0.15, 0.2) is 0 Å². The predicted molar refractivity (Wildman–Crippen MR) is 39.4 cm³/mol. The summed E-state index contributed by atoms with van der Waals surface area (Å²) >= 11 is 0. The molecule has 0 radical (unpaired) electrons. The molecule has 0 rings (SSSR count). The van der Waals surface area contributed by atoms with Crippen molar-refractivity contribution in [2.75, 3.05) is 6.54 Å². The van der Waals surface area contributed by atoms with Crippen LogP contribution < -0.4 is 15.6 Å². The third-order valence-electron chi connectivity index (χ3n) is 1.07. The van der Waals surface area contributed by atoms with Gasteiger partial charge in [0.25, 0.3) is 10.2 Å². The van der Waals surface area contributed by atoms with Crippen LogP contribution in [0.15, 0.2) is 0 Å². The van der Waals surface area contributed by atoms with Crippen molar-refractivity contribution in [1.82, 2.24) is 4.72 Å². The highest BCUT2D eigenvalue weighted by molar-refractivity contribution is 7.87. The van der Waals surface area contributed by atoms with Gasteiger partial charge in [-0.3, -0.25) is 0 Å². The van der Waals surface area contributed by atoms with Crippen molar-refractivity contribution in [2.45, 2.75) is 19.4 Å². The molecule has 0 heterocycles. The number of nitrogens with one attached hydrogen (secondary N) is 1. The molecule has 0 aliphatic carbocycles. The van der Waals surface area contributed by atoms with Gasteiger partial charge < -0.3 is 5.73 Å². The van der Waals surface area contributed by atoms with Crippen LogP contribution in [-0.2, 0) is 10.2 Å². The molecule has 1 atom stereocenters. The van der Waals surface area contributed by atoms with E-state index in [9.17, 15) is 8.42 Å². The molecule has 0 bridgehead atoms. The van der Waals surface area contributed by atoms with Crippen molar-refractivity contribution in [1.29, 1.82) is 0 Å². The normalized spacial score (nSPS) is 15.1. The smallest absolute Gasteiger partial charge is 0.274 e. The van der Waals surface area contributed by atoms with Gasteiger partial charge in [0.2, 0.25) is 0 Å². The number of nitrogens with two attached hydrogens (primary N) is 2. The fourth-order valence-electron chi connectivity index (χ4n) is 0.368. The molecule has 0 fully saturated rings. The minimum absolute atomic E-state index is 0.154. The Labute approximate surface area is 61.0 Å². The summed E-state index contributed by atoms with van der Waals surface area (Å²) in [4.78, 5) is 0. The Morgan fingerprint density at radius 1 is 1.60 bits per heavy atom. The first-order valence-electron chi connectivity index (χ1n) is 2.98. The summed E-state index contributed by atoms with van der Waals surface area (Å²) in [7, 11) is -3.56. The van der Waals surface area contributed by atoms with Crippen LogP contribution in [0.4, 0.5) is 0 Å². The van der Waals surface area contributed by atoms with Crippen LogP contribution in [0.3, 0.4) is 0 Å². The average molecular weight is 167 g/mol. The molecule has 0 aromatic heterocycles. The minimum Gasteiger partial charge on any atom is -0.327 e. The van der Waals surface area contributed by atoms with E-state index in [2.05, 4.69) is 9.86 Å². The predicted octanol–water partition coefficient (Wildman–Crippen LogP) is -1.48. The molecule has 0 aliphatic rings. The van der Waals surface area contributed by atoms with Crippen molar-refractivity contribution in [3.8, 4) is 0 Å². The highest BCUT2D eigenvalue weighted by Crippen LogP contribution is 1.82. The number of hydrogen-bond acceptors (Lipinski definition) is 3. The Kier molecular flexibility index (Phi) is 3.80. The third kappa shape index (κ3) is 5.96. The lowest BCUT2D eigenvalue weighted by Crippen LogP contribution is -2.39. The van der Waals surface area contributed by atoms with Gasteiger partial charge in [0, 0.05) is 12.6 Å². The van der Waals surface area contributed by atoms with Crippen LogP contribution >= 0.6 is 0 Å². The van der Waals surface area contributed by atoms with Crippen molar-refractivity contribution >= 4 is 10.2 Å². The van der Waals surface area contributed by atoms with Crippen LogP contribution in [0.25, 0.3) is 0 Å². The van der Waals surface area contributed by atoms with E-state index < -0.39 is 10.2 Å². The highest BCUT2D eigenvalue weighted by atomic mass is 32.2. The van der Waals surface area contributed by atoms with Crippen LogP contribution in [0.1, 0.15) is 13.3 Å². The molecule has 0 saturated heterocycles. The Morgan fingerprint density at radius 3 is 2.40 bits per heavy atom. The molecule has 0 aromatic carbocycles. The lowest BCUT2D eigenvalue weighted by atomic mass is 10.2. The molecule has 5 nitrogen and oxygen atoms in total. The SMILES string of the molecule is CCC(N)CNS(N)(=O)=O. The maximum atomic E-state index is 10.3. The molecule has 5 N–H and O–H groups in total. The Hall–Kier alpha value is -0.170. The van der Waals surface area contributed by atoms with Gasteiger partial charge in [0.1, 0.15) is 0 Å². The van der Waals surface area contributed by atoms with Crippen molar-refractivity contribution in [3.05, 3.63) is 0 Å². The summed E-state index contributed by atoms with van der Waals surface area (Å²) < 4.78 is 22.6. The Balaban J connectivity index is 3.56. The van der Waals surface area contributed by atoms with E-state index in [1.54, 1.807) is 0 Å². The van der Waals surface area contributed by atoms with Gasteiger partial charge >= 0.3 is 0 Å². The zero-order valence-electron chi connectivity index (χ0n) is 5.87. The minimum atomic E-state index is -3.56. The van der Waals surface area contributed by atoms with Gasteiger partial charge in [-0.2, -0.15) is 8.42 Å². The molecule has 0 spiro atoms. The second kappa shape index (κ2) is 3.87. The Bertz CT molecular complexity index is 177. The highest BCUT2D eigenvalue weighted by Gasteiger charge is 2.03. The Morgan fingerprint density at radius 2 is 2.10 bits per heavy atom. The third-order valence-corrected chi connectivity index (χ3v) is 1.64. The molecule has 0 saturated carbocycles. The molecule has 1 unspecified atom stereocenters. The van der Waals surface area contributed by atoms with Crippen molar-refractivity contribution < 1.29 is 8.42 Å². The van der Waals surface area contributed by atoms with E-state index >= 15 is 0 Å². The van der Waals surface area contributed by atoms with Gasteiger partial charge in [-0.15, -0.1) is 0 Å². The summed E-state index contributed by atoms with van der Waals surface area (Å²) in [5.41, 5.74) is 5.40. The van der Waals surface area contributed by atoms with Crippen LogP contribution in [0.5, 0.6) is 0 Å². The summed E-state index contributed by atoms with van der Waals surface area (Å²) in [5, 5.41) is 4.64. The van der Waals surface area contributed by atoms with Gasteiger partial charge in [-0.25, -0.2) is 9.86 Å². The van der Waals surface area contributed by atoms with E-state index in [4.69, 9.17) is 5.73 Å². The van der Waals surface area contributed by atoms with Crippen LogP contribution in [0, 0.1) is 0 Å². The van der Waals surface area contributed by atoms with Crippen molar-refractivity contribution in [3.63, 3.8) is 0 Å². The molecular formula is C4H13N3O2S. The first-order valence-corrected chi connectivity index (χ1v) is 4.53. The van der Waals surface area contributed by atoms with Gasteiger partial charge in [-0.05, 0) is 6.42 Å². The van der Waals surface area contributed by atoms with Gasteiger partial charge in [0.05, 0.1) is 0 Å². The zero-order valence-corrected chi connectivity index (χ0v) is 6.69. The zero-order chi connectivity index (χ0) is 8.20. The first kappa shape index (κ1) is 9.83. The fraction of sp³-hybridized carbons (Fsp3) is 1.00. The van der Waals surface area contributed by atoms with E-state index in [1.165, 1.54) is 0 Å². The van der Waals surface area contributed by atoms with Gasteiger partial charge in [-0.1, -0.05) is 6.92 Å². The molecule has 0 aromatic rings. The summed E-state index contributed by atoms with van der Waals surface area (Å²) in [5.74, 6) is 0. The number of rotatable bonds is 4. The molecular weight excluding hydrogens is 154 g/mol. The van der Waals surface area contributed by atoms with E-state index in [0.29, 0.717) is 0 Å². The summed E-state index contributed by atoms with van der Waals surface area (Å²) in [6, 6.07) is -0.154. The molecule has 6 heteroatoms. The molecule has 62 valence electrons. The average Bonchev–Trinajstić information content (AvgIpc) is 1.81. The van der Waals surface area contributed by atoms with Crippen LogP contribution in [0.2, 0.25) is 0 Å². The second-order valence-electron chi connectivity index (χ2n) is 2.06. The summed E-state index contributed by atoms with van der Waals surface area (Å²) in [6.07, 6.45) is 0.725. The largest absolute Gasteiger partial charge is 0.327 e. The maximum absolute atomic E-state index is 10.3. The first-order chi connectivity index (χ1) is 4.45. The second-order valence-corrected chi connectivity index (χ2v) is 3.44. The fourth-order valence-corrected chi connectivity index (χ4v) is 0.814. The lowest BCUT2D eigenvalue weighted by molar-refractivity contribution is 0.565. The standard InChI is InChI=1S/C4H13N3O2S/c1-2-4(5)3-7-10(6,8)9/h4,7H,2-3,5H2,1H3,(H2,6,8,9). The molecule has 0 aliphatic heterocycles. The molecule has 0 amide bonds. The van der Waals surface area contributed by atoms with E-state index in [0.717, 1.165) is 6.42 Å². The maximum Gasteiger partial charge on any atom is 0.274 e.